The first-order valence-corrected chi connectivity index (χ1v) is 13.3. The van der Waals surface area contributed by atoms with Crippen molar-refractivity contribution in [2.24, 2.45) is 0 Å². The maximum atomic E-state index is 4.91. The monoisotopic (exact) mass is 565 g/mol. The van der Waals surface area contributed by atoms with Gasteiger partial charge in [-0.25, -0.2) is 15.0 Å². The van der Waals surface area contributed by atoms with Crippen LogP contribution in [-0.2, 0) is 0 Å². The highest BCUT2D eigenvalue weighted by Gasteiger charge is 2.15. The van der Waals surface area contributed by atoms with Gasteiger partial charge in [0.25, 0.3) is 0 Å². The zero-order chi connectivity index (χ0) is 26.2. The van der Waals surface area contributed by atoms with Gasteiger partial charge < -0.3 is 0 Å². The maximum Gasteiger partial charge on any atom is 0.164 e. The number of benzene rings is 4. The van der Waals surface area contributed by atoms with Crippen LogP contribution in [0.4, 0.5) is 0 Å². The van der Waals surface area contributed by atoms with Crippen LogP contribution in [0.5, 0.6) is 0 Å². The predicted octanol–water partition coefficient (Wildman–Crippen LogP) is 8.40. The highest BCUT2D eigenvalue weighted by molar-refractivity contribution is 9.10. The van der Waals surface area contributed by atoms with Crippen molar-refractivity contribution in [3.05, 3.63) is 126 Å². The van der Waals surface area contributed by atoms with Crippen molar-refractivity contribution in [2.75, 3.05) is 0 Å². The molecule has 3 heterocycles. The highest BCUT2D eigenvalue weighted by Crippen LogP contribution is 2.35. The molecule has 0 atom stereocenters. The molecule has 4 aromatic carbocycles. The van der Waals surface area contributed by atoms with E-state index >= 15 is 0 Å². The van der Waals surface area contributed by atoms with Gasteiger partial charge in [0.2, 0.25) is 0 Å². The molecule has 0 unspecified atom stereocenters. The van der Waals surface area contributed by atoms with Crippen molar-refractivity contribution < 1.29 is 0 Å². The minimum atomic E-state index is 0.607. The second kappa shape index (κ2) is 9.82. The molecule has 0 spiro atoms. The third-order valence-electron chi connectivity index (χ3n) is 6.65. The molecule has 5 nitrogen and oxygen atoms in total. The van der Waals surface area contributed by atoms with Crippen LogP contribution in [0.1, 0.15) is 0 Å². The number of fused-ring (bicyclic) bond motifs is 3. The predicted molar refractivity (Wildman–Crippen MR) is 160 cm³/mol. The molecule has 39 heavy (non-hydrogen) atoms. The van der Waals surface area contributed by atoms with E-state index in [1.807, 2.05) is 91.3 Å². The quantitative estimate of drug-likeness (QED) is 0.200. The summed E-state index contributed by atoms with van der Waals surface area (Å²) in [6, 6.07) is 36.5. The molecular formula is C33H20BrN5. The van der Waals surface area contributed by atoms with E-state index in [2.05, 4.69) is 56.2 Å². The molecule has 0 bridgehead atoms. The van der Waals surface area contributed by atoms with Gasteiger partial charge in [-0.15, -0.1) is 0 Å². The molecule has 0 radical (unpaired) electrons. The van der Waals surface area contributed by atoms with Gasteiger partial charge in [0.05, 0.1) is 11.0 Å². The van der Waals surface area contributed by atoms with E-state index < -0.39 is 0 Å². The molecule has 3 aromatic heterocycles. The summed E-state index contributed by atoms with van der Waals surface area (Å²) in [5.74, 6) is 1.87. The largest absolute Gasteiger partial charge is 0.254 e. The fourth-order valence-corrected chi connectivity index (χ4v) is 5.31. The van der Waals surface area contributed by atoms with Gasteiger partial charge in [0.1, 0.15) is 0 Å². The lowest BCUT2D eigenvalue weighted by Crippen LogP contribution is -2.00. The minimum Gasteiger partial charge on any atom is -0.254 e. The zero-order valence-corrected chi connectivity index (χ0v) is 22.2. The van der Waals surface area contributed by atoms with Gasteiger partial charge >= 0.3 is 0 Å². The fraction of sp³-hybridized carbons (Fsp3) is 0. The van der Waals surface area contributed by atoms with Crippen molar-refractivity contribution in [3.8, 4) is 45.3 Å². The highest BCUT2D eigenvalue weighted by atomic mass is 79.9. The van der Waals surface area contributed by atoms with Gasteiger partial charge in [0, 0.05) is 44.3 Å². The van der Waals surface area contributed by atoms with E-state index in [4.69, 9.17) is 15.0 Å². The number of rotatable bonds is 4. The summed E-state index contributed by atoms with van der Waals surface area (Å²) in [4.78, 5) is 23.9. The second-order valence-corrected chi connectivity index (χ2v) is 10.1. The number of hydrogen-bond acceptors (Lipinski definition) is 5. The first kappa shape index (κ1) is 23.3. The van der Waals surface area contributed by atoms with Crippen molar-refractivity contribution in [1.29, 1.82) is 0 Å². The van der Waals surface area contributed by atoms with E-state index in [1.165, 1.54) is 0 Å². The van der Waals surface area contributed by atoms with E-state index in [0.717, 1.165) is 54.1 Å². The number of aromatic nitrogens is 5. The van der Waals surface area contributed by atoms with E-state index in [9.17, 15) is 0 Å². The van der Waals surface area contributed by atoms with Crippen molar-refractivity contribution >= 4 is 37.7 Å². The molecule has 7 aromatic rings. The lowest BCUT2D eigenvalue weighted by Gasteiger charge is -2.12. The summed E-state index contributed by atoms with van der Waals surface area (Å²) in [6.45, 7) is 0. The molecule has 0 amide bonds. The Morgan fingerprint density at radius 3 is 1.77 bits per heavy atom. The van der Waals surface area contributed by atoms with Crippen LogP contribution in [-0.4, -0.2) is 24.9 Å². The van der Waals surface area contributed by atoms with Gasteiger partial charge in [-0.1, -0.05) is 94.8 Å². The minimum absolute atomic E-state index is 0.607. The van der Waals surface area contributed by atoms with E-state index in [0.29, 0.717) is 17.5 Å². The van der Waals surface area contributed by atoms with E-state index in [1.54, 1.807) is 0 Å². The Hall–Kier alpha value is -4.81. The van der Waals surface area contributed by atoms with Crippen molar-refractivity contribution in [2.45, 2.75) is 0 Å². The van der Waals surface area contributed by atoms with Gasteiger partial charge in [-0.2, -0.15) is 0 Å². The SMILES string of the molecule is Brc1cc(-c2nc(-c3ccccc3)nc(-c3ccccc3)n2)cc(-c2ccnc3c2ccc2cccnc23)c1. The Morgan fingerprint density at radius 2 is 1.08 bits per heavy atom. The van der Waals surface area contributed by atoms with Crippen LogP contribution < -0.4 is 0 Å². The van der Waals surface area contributed by atoms with Crippen LogP contribution >= 0.6 is 15.9 Å². The van der Waals surface area contributed by atoms with Crippen molar-refractivity contribution in [1.82, 2.24) is 24.9 Å². The summed E-state index contributed by atoms with van der Waals surface area (Å²) >= 11 is 3.74. The summed E-state index contributed by atoms with van der Waals surface area (Å²) in [5, 5.41) is 2.11. The molecule has 184 valence electrons. The summed E-state index contributed by atoms with van der Waals surface area (Å²) in [5.41, 5.74) is 6.64. The summed E-state index contributed by atoms with van der Waals surface area (Å²) in [6.07, 6.45) is 3.65. The molecule has 0 N–H and O–H groups in total. The molecule has 0 aliphatic heterocycles. The molecule has 0 aliphatic rings. The molecule has 0 saturated carbocycles. The molecule has 6 heteroatoms. The third kappa shape index (κ3) is 4.45. The average Bonchev–Trinajstić information content (AvgIpc) is 3.01. The Balaban J connectivity index is 1.42. The smallest absolute Gasteiger partial charge is 0.164 e. The lowest BCUT2D eigenvalue weighted by molar-refractivity contribution is 1.07. The molecule has 0 saturated heterocycles. The molecule has 0 fully saturated rings. The zero-order valence-electron chi connectivity index (χ0n) is 20.7. The Morgan fingerprint density at radius 1 is 0.462 bits per heavy atom. The molecule has 7 rings (SSSR count). The van der Waals surface area contributed by atoms with Crippen LogP contribution in [0.15, 0.2) is 126 Å². The Bertz CT molecular complexity index is 1920. The topological polar surface area (TPSA) is 64.5 Å². The normalized spacial score (nSPS) is 11.2. The standard InChI is InChI=1S/C33H20BrN5/c34-26-19-24(27-15-17-36-30-28(27)14-13-21-12-7-16-35-29(21)30)18-25(20-26)33-38-31(22-8-3-1-4-9-22)37-32(39-33)23-10-5-2-6-11-23/h1-20H. The first-order chi connectivity index (χ1) is 19.2. The first-order valence-electron chi connectivity index (χ1n) is 12.5. The molecular weight excluding hydrogens is 546 g/mol. The Labute approximate surface area is 233 Å². The number of pyridine rings is 2. The average molecular weight is 566 g/mol. The molecule has 0 aliphatic carbocycles. The van der Waals surface area contributed by atoms with Gasteiger partial charge in [0.15, 0.2) is 17.5 Å². The van der Waals surface area contributed by atoms with E-state index in [-0.39, 0.29) is 0 Å². The number of hydrogen-bond donors (Lipinski definition) is 0. The number of halogens is 1. The van der Waals surface area contributed by atoms with Gasteiger partial charge in [-0.05, 0) is 41.5 Å². The van der Waals surface area contributed by atoms with Crippen LogP contribution in [0.3, 0.4) is 0 Å². The van der Waals surface area contributed by atoms with Crippen molar-refractivity contribution in [3.63, 3.8) is 0 Å². The summed E-state index contributed by atoms with van der Waals surface area (Å²) < 4.78 is 0.932. The van der Waals surface area contributed by atoms with Crippen LogP contribution in [0.25, 0.3) is 67.1 Å². The summed E-state index contributed by atoms with van der Waals surface area (Å²) in [7, 11) is 0. The third-order valence-corrected chi connectivity index (χ3v) is 7.11. The lowest BCUT2D eigenvalue weighted by atomic mass is 9.98. The Kier molecular flexibility index (Phi) is 5.87. The fourth-order valence-electron chi connectivity index (χ4n) is 4.82. The maximum absolute atomic E-state index is 4.91. The number of nitrogens with zero attached hydrogens (tertiary/aromatic N) is 5. The van der Waals surface area contributed by atoms with Gasteiger partial charge in [-0.3, -0.25) is 9.97 Å². The van der Waals surface area contributed by atoms with Crippen LogP contribution in [0, 0.1) is 0 Å². The van der Waals surface area contributed by atoms with Crippen LogP contribution in [0.2, 0.25) is 0 Å². The second-order valence-electron chi connectivity index (χ2n) is 9.16.